The Labute approximate surface area is 94.3 Å². The smallest absolute Gasteiger partial charge is 0.0543 e. The maximum absolute atomic E-state index is 6.01. The summed E-state index contributed by atoms with van der Waals surface area (Å²) in [6.07, 6.45) is 1.01. The highest BCUT2D eigenvalue weighted by molar-refractivity contribution is 7.99. The van der Waals surface area contributed by atoms with Gasteiger partial charge in [0.25, 0.3) is 0 Å². The van der Waals surface area contributed by atoms with Crippen LogP contribution >= 0.6 is 23.4 Å². The van der Waals surface area contributed by atoms with Crippen LogP contribution in [0.5, 0.6) is 0 Å². The van der Waals surface area contributed by atoms with Gasteiger partial charge >= 0.3 is 0 Å². The molecule has 0 radical (unpaired) electrons. The van der Waals surface area contributed by atoms with Crippen LogP contribution in [-0.2, 0) is 0 Å². The zero-order valence-corrected chi connectivity index (χ0v) is 9.79. The first kappa shape index (κ1) is 11.5. The van der Waals surface area contributed by atoms with E-state index in [0.29, 0.717) is 0 Å². The van der Waals surface area contributed by atoms with Crippen molar-refractivity contribution in [1.82, 2.24) is 0 Å². The molecule has 0 aromatic heterocycles. The second-order valence-electron chi connectivity index (χ2n) is 3.25. The Hall–Kier alpha value is -0.600. The largest absolute Gasteiger partial charge is 0.399 e. The van der Waals surface area contributed by atoms with Crippen molar-refractivity contribution in [2.45, 2.75) is 18.2 Å². The highest BCUT2D eigenvalue weighted by atomic mass is 35.5. The fraction of sp³-hybridized carbons (Fsp3) is 0.273. The molecule has 1 rings (SSSR count). The van der Waals surface area contributed by atoms with E-state index in [9.17, 15) is 0 Å². The van der Waals surface area contributed by atoms with Crippen LogP contribution in [0.4, 0.5) is 5.69 Å². The molecule has 76 valence electrons. The predicted molar refractivity (Wildman–Crippen MR) is 66.0 cm³/mol. The molecule has 0 unspecified atom stereocenters. The van der Waals surface area contributed by atoms with Gasteiger partial charge in [-0.2, -0.15) is 0 Å². The number of halogens is 1. The van der Waals surface area contributed by atoms with Gasteiger partial charge in [0.05, 0.1) is 5.02 Å². The topological polar surface area (TPSA) is 26.0 Å². The molecule has 0 fully saturated rings. The molecule has 14 heavy (non-hydrogen) atoms. The summed E-state index contributed by atoms with van der Waals surface area (Å²) >= 11 is 7.73. The molecule has 0 aliphatic carbocycles. The first-order valence-corrected chi connectivity index (χ1v) is 5.78. The molecule has 0 saturated heterocycles. The second-order valence-corrected chi connectivity index (χ2v) is 4.79. The molecular formula is C11H14ClNS. The number of nitrogen functional groups attached to an aromatic ring is 1. The number of hydrogen-bond donors (Lipinski definition) is 1. The van der Waals surface area contributed by atoms with Crippen molar-refractivity contribution in [3.63, 3.8) is 0 Å². The molecule has 3 heteroatoms. The lowest BCUT2D eigenvalue weighted by Crippen LogP contribution is -1.86. The van der Waals surface area contributed by atoms with Crippen molar-refractivity contribution in [2.75, 3.05) is 11.5 Å². The molecule has 0 bridgehead atoms. The summed E-state index contributed by atoms with van der Waals surface area (Å²) in [5.41, 5.74) is 7.62. The molecular weight excluding hydrogens is 214 g/mol. The van der Waals surface area contributed by atoms with E-state index < -0.39 is 0 Å². The Balaban J connectivity index is 2.57. The molecule has 0 saturated carbocycles. The molecule has 1 aromatic carbocycles. The van der Waals surface area contributed by atoms with E-state index in [4.69, 9.17) is 17.3 Å². The standard InChI is InChI=1S/C11H14ClNS/c1-8(2)5-6-14-11-7-9(13)3-4-10(11)12/h3-4,7H,1,5-6,13H2,2H3. The van der Waals surface area contributed by atoms with E-state index in [0.717, 1.165) is 27.8 Å². The molecule has 2 N–H and O–H groups in total. The fourth-order valence-electron chi connectivity index (χ4n) is 0.966. The van der Waals surface area contributed by atoms with Gasteiger partial charge in [0, 0.05) is 16.3 Å². The highest BCUT2D eigenvalue weighted by Gasteiger charge is 2.01. The number of thioether (sulfide) groups is 1. The molecule has 1 aromatic rings. The zero-order valence-electron chi connectivity index (χ0n) is 8.22. The number of rotatable bonds is 4. The summed E-state index contributed by atoms with van der Waals surface area (Å²) < 4.78 is 0. The Bertz CT molecular complexity index is 336. The van der Waals surface area contributed by atoms with Crippen LogP contribution < -0.4 is 5.73 Å². The third kappa shape index (κ3) is 3.64. The van der Waals surface area contributed by atoms with Gasteiger partial charge in [-0.05, 0) is 31.5 Å². The Morgan fingerprint density at radius 3 is 2.93 bits per heavy atom. The summed E-state index contributed by atoms with van der Waals surface area (Å²) in [6.45, 7) is 5.88. The van der Waals surface area contributed by atoms with Gasteiger partial charge in [0.2, 0.25) is 0 Å². The molecule has 0 aliphatic rings. The maximum Gasteiger partial charge on any atom is 0.0543 e. The molecule has 0 aliphatic heterocycles. The summed E-state index contributed by atoms with van der Waals surface area (Å²) in [5.74, 6) is 0.999. The maximum atomic E-state index is 6.01. The third-order valence-corrected chi connectivity index (χ3v) is 3.24. The molecule has 0 amide bonds. The first-order valence-electron chi connectivity index (χ1n) is 4.42. The van der Waals surface area contributed by atoms with Gasteiger partial charge in [-0.3, -0.25) is 0 Å². The lowest BCUT2D eigenvalue weighted by atomic mass is 10.3. The predicted octanol–water partition coefficient (Wildman–Crippen LogP) is 3.98. The highest BCUT2D eigenvalue weighted by Crippen LogP contribution is 2.29. The Kier molecular flexibility index (Phi) is 4.36. The van der Waals surface area contributed by atoms with E-state index in [1.165, 1.54) is 5.57 Å². The minimum absolute atomic E-state index is 0.757. The molecule has 0 atom stereocenters. The van der Waals surface area contributed by atoms with Gasteiger partial charge in [0.1, 0.15) is 0 Å². The third-order valence-electron chi connectivity index (χ3n) is 1.74. The first-order chi connectivity index (χ1) is 6.59. The van der Waals surface area contributed by atoms with Gasteiger partial charge in [-0.15, -0.1) is 18.3 Å². The molecule has 0 spiro atoms. The van der Waals surface area contributed by atoms with E-state index in [1.807, 2.05) is 25.1 Å². The van der Waals surface area contributed by atoms with E-state index >= 15 is 0 Å². The molecule has 1 nitrogen and oxygen atoms in total. The van der Waals surface area contributed by atoms with Crippen LogP contribution in [0.25, 0.3) is 0 Å². The normalized spacial score (nSPS) is 10.1. The van der Waals surface area contributed by atoms with Crippen molar-refractivity contribution < 1.29 is 0 Å². The Morgan fingerprint density at radius 2 is 2.29 bits per heavy atom. The van der Waals surface area contributed by atoms with Gasteiger partial charge < -0.3 is 5.73 Å². The van der Waals surface area contributed by atoms with E-state index in [-0.39, 0.29) is 0 Å². The summed E-state index contributed by atoms with van der Waals surface area (Å²) in [4.78, 5) is 1.05. The minimum Gasteiger partial charge on any atom is -0.399 e. The lowest BCUT2D eigenvalue weighted by molar-refractivity contribution is 1.12. The number of anilines is 1. The summed E-state index contributed by atoms with van der Waals surface area (Å²) in [7, 11) is 0. The van der Waals surface area contributed by atoms with Crippen LogP contribution in [0, 0.1) is 0 Å². The molecule has 0 heterocycles. The SMILES string of the molecule is C=C(C)CCSc1cc(N)ccc1Cl. The van der Waals surface area contributed by atoms with E-state index in [1.54, 1.807) is 11.8 Å². The summed E-state index contributed by atoms with van der Waals surface area (Å²) in [6, 6.07) is 5.55. The monoisotopic (exact) mass is 227 g/mol. The number of hydrogen-bond acceptors (Lipinski definition) is 2. The number of benzene rings is 1. The van der Waals surface area contributed by atoms with Gasteiger partial charge in [0.15, 0.2) is 0 Å². The van der Waals surface area contributed by atoms with Crippen molar-refractivity contribution in [3.05, 3.63) is 35.4 Å². The van der Waals surface area contributed by atoms with Crippen LogP contribution in [0.1, 0.15) is 13.3 Å². The van der Waals surface area contributed by atoms with Crippen LogP contribution in [0.3, 0.4) is 0 Å². The average Bonchev–Trinajstić information content (AvgIpc) is 2.10. The van der Waals surface area contributed by atoms with Crippen molar-refractivity contribution >= 4 is 29.1 Å². The van der Waals surface area contributed by atoms with Gasteiger partial charge in [-0.25, -0.2) is 0 Å². The van der Waals surface area contributed by atoms with Crippen molar-refractivity contribution in [1.29, 1.82) is 0 Å². The Morgan fingerprint density at radius 1 is 1.57 bits per heavy atom. The second kappa shape index (κ2) is 5.32. The van der Waals surface area contributed by atoms with Gasteiger partial charge in [-0.1, -0.05) is 17.2 Å². The van der Waals surface area contributed by atoms with Crippen molar-refractivity contribution in [2.24, 2.45) is 0 Å². The van der Waals surface area contributed by atoms with Crippen LogP contribution in [0.2, 0.25) is 5.02 Å². The number of nitrogens with two attached hydrogens (primary N) is 1. The lowest BCUT2D eigenvalue weighted by Gasteiger charge is -2.04. The fourth-order valence-corrected chi connectivity index (χ4v) is 2.34. The summed E-state index contributed by atoms with van der Waals surface area (Å²) in [5, 5.41) is 0.769. The van der Waals surface area contributed by atoms with E-state index in [2.05, 4.69) is 6.58 Å². The zero-order chi connectivity index (χ0) is 10.6. The van der Waals surface area contributed by atoms with Crippen LogP contribution in [0.15, 0.2) is 35.2 Å². The average molecular weight is 228 g/mol. The number of allylic oxidation sites excluding steroid dienone is 1. The minimum atomic E-state index is 0.757. The quantitative estimate of drug-likeness (QED) is 0.478. The van der Waals surface area contributed by atoms with Crippen molar-refractivity contribution in [3.8, 4) is 0 Å². The van der Waals surface area contributed by atoms with Crippen LogP contribution in [-0.4, -0.2) is 5.75 Å².